The first-order valence-electron chi connectivity index (χ1n) is 3.43. The van der Waals surface area contributed by atoms with Crippen LogP contribution < -0.4 is 0 Å². The summed E-state index contributed by atoms with van der Waals surface area (Å²) in [6, 6.07) is 3.44. The average Bonchev–Trinajstić information content (AvgIpc) is 2.15. The number of aliphatic hydroxyl groups excluding tert-OH is 1. The number of rotatable bonds is 3. The van der Waals surface area contributed by atoms with Crippen LogP contribution in [0.15, 0.2) is 29.6 Å². The van der Waals surface area contributed by atoms with Crippen LogP contribution in [0, 0.1) is 0 Å². The lowest BCUT2D eigenvalue weighted by atomic mass is 10.2. The summed E-state index contributed by atoms with van der Waals surface area (Å²) in [5.41, 5.74) is 8.65. The molecule has 1 aromatic rings. The van der Waals surface area contributed by atoms with Crippen LogP contribution in [0.3, 0.4) is 0 Å². The number of hydrogen-bond acceptors (Lipinski definition) is 3. The van der Waals surface area contributed by atoms with Gasteiger partial charge in [-0.25, -0.2) is 0 Å². The van der Waals surface area contributed by atoms with Gasteiger partial charge in [-0.2, -0.15) is 0 Å². The third kappa shape index (κ3) is 2.23. The molecular formula is C7H8N4O. The smallest absolute Gasteiger partial charge is 0.0861 e. The molecule has 5 nitrogen and oxygen atoms in total. The molecule has 0 saturated heterocycles. The minimum atomic E-state index is -0.755. The normalized spacial score (nSPS) is 11.8. The fourth-order valence-electron chi connectivity index (χ4n) is 0.792. The van der Waals surface area contributed by atoms with Gasteiger partial charge in [-0.05, 0) is 17.2 Å². The molecule has 1 rings (SSSR count). The zero-order valence-electron chi connectivity index (χ0n) is 6.33. The van der Waals surface area contributed by atoms with E-state index < -0.39 is 6.10 Å². The molecule has 0 bridgehead atoms. The number of pyridine rings is 1. The molecule has 0 saturated carbocycles. The first-order valence-corrected chi connectivity index (χ1v) is 3.43. The fourth-order valence-corrected chi connectivity index (χ4v) is 0.792. The molecule has 0 radical (unpaired) electrons. The molecule has 62 valence electrons. The van der Waals surface area contributed by atoms with Crippen molar-refractivity contribution in [2.24, 2.45) is 5.11 Å². The standard InChI is InChI=1S/C7H8N4O/c8-11-10-5-7(12)6-2-1-3-9-4-6/h1-4,7,12H,5H2/t7-/m0/s1. The lowest BCUT2D eigenvalue weighted by Gasteiger charge is -2.04. The van der Waals surface area contributed by atoms with Gasteiger partial charge in [0.05, 0.1) is 12.6 Å². The van der Waals surface area contributed by atoms with Gasteiger partial charge in [0.1, 0.15) is 0 Å². The van der Waals surface area contributed by atoms with E-state index in [4.69, 9.17) is 5.53 Å². The van der Waals surface area contributed by atoms with Gasteiger partial charge in [-0.3, -0.25) is 4.98 Å². The number of nitrogens with zero attached hydrogens (tertiary/aromatic N) is 4. The van der Waals surface area contributed by atoms with Crippen LogP contribution in [-0.4, -0.2) is 16.6 Å². The molecule has 1 N–H and O–H groups in total. The van der Waals surface area contributed by atoms with Gasteiger partial charge >= 0.3 is 0 Å². The van der Waals surface area contributed by atoms with E-state index in [-0.39, 0.29) is 6.54 Å². The van der Waals surface area contributed by atoms with Crippen LogP contribution in [0.4, 0.5) is 0 Å². The maximum atomic E-state index is 9.35. The molecule has 0 fully saturated rings. The Labute approximate surface area is 69.3 Å². The Bertz CT molecular complexity index is 281. The summed E-state index contributed by atoms with van der Waals surface area (Å²) in [5.74, 6) is 0. The van der Waals surface area contributed by atoms with Crippen molar-refractivity contribution in [3.05, 3.63) is 40.5 Å². The highest BCUT2D eigenvalue weighted by atomic mass is 16.3. The topological polar surface area (TPSA) is 81.9 Å². The second kappa shape index (κ2) is 4.33. The van der Waals surface area contributed by atoms with Crippen LogP contribution in [0.5, 0.6) is 0 Å². The Morgan fingerprint density at radius 3 is 3.17 bits per heavy atom. The summed E-state index contributed by atoms with van der Waals surface area (Å²) >= 11 is 0. The summed E-state index contributed by atoms with van der Waals surface area (Å²) in [6.07, 6.45) is 2.40. The van der Waals surface area contributed by atoms with Crippen LogP contribution in [0.2, 0.25) is 0 Å². The van der Waals surface area contributed by atoms with Gasteiger partial charge in [-0.1, -0.05) is 11.2 Å². The minimum Gasteiger partial charge on any atom is -0.388 e. The minimum absolute atomic E-state index is 0.0438. The van der Waals surface area contributed by atoms with E-state index in [9.17, 15) is 5.11 Å². The molecule has 1 heterocycles. The zero-order valence-corrected chi connectivity index (χ0v) is 6.33. The summed E-state index contributed by atoms with van der Waals surface area (Å²) in [7, 11) is 0. The van der Waals surface area contributed by atoms with Crippen molar-refractivity contribution in [3.63, 3.8) is 0 Å². The molecule has 1 aromatic heterocycles. The Kier molecular flexibility index (Phi) is 3.07. The van der Waals surface area contributed by atoms with E-state index in [0.29, 0.717) is 5.56 Å². The van der Waals surface area contributed by atoms with Crippen molar-refractivity contribution >= 4 is 0 Å². The zero-order chi connectivity index (χ0) is 8.81. The second-order valence-electron chi connectivity index (χ2n) is 2.22. The number of azide groups is 1. The van der Waals surface area contributed by atoms with Gasteiger partial charge in [0.25, 0.3) is 0 Å². The first-order chi connectivity index (χ1) is 5.84. The monoisotopic (exact) mass is 164 g/mol. The summed E-state index contributed by atoms with van der Waals surface area (Å²) < 4.78 is 0. The molecule has 0 amide bonds. The molecular weight excluding hydrogens is 156 g/mol. The number of aromatic nitrogens is 1. The molecule has 0 unspecified atom stereocenters. The Morgan fingerprint density at radius 1 is 1.75 bits per heavy atom. The van der Waals surface area contributed by atoms with E-state index in [1.807, 2.05) is 0 Å². The summed E-state index contributed by atoms with van der Waals surface area (Å²) in [6.45, 7) is 0.0438. The predicted octanol–water partition coefficient (Wildman–Crippen LogP) is 1.43. The SMILES string of the molecule is [N-]=[N+]=NC[C@H](O)c1cccnc1. The van der Waals surface area contributed by atoms with E-state index in [1.165, 1.54) is 6.20 Å². The largest absolute Gasteiger partial charge is 0.388 e. The predicted molar refractivity (Wildman–Crippen MR) is 43.2 cm³/mol. The molecule has 0 aliphatic carbocycles. The molecule has 12 heavy (non-hydrogen) atoms. The van der Waals surface area contributed by atoms with Gasteiger partial charge in [0.2, 0.25) is 0 Å². The van der Waals surface area contributed by atoms with Gasteiger partial charge in [0.15, 0.2) is 0 Å². The molecule has 0 aliphatic heterocycles. The second-order valence-corrected chi connectivity index (χ2v) is 2.22. The molecule has 0 spiro atoms. The van der Waals surface area contributed by atoms with Crippen LogP contribution in [-0.2, 0) is 0 Å². The Hall–Kier alpha value is -1.58. The highest BCUT2D eigenvalue weighted by Crippen LogP contribution is 2.10. The maximum absolute atomic E-state index is 9.35. The van der Waals surface area contributed by atoms with E-state index in [2.05, 4.69) is 15.0 Å². The van der Waals surface area contributed by atoms with Gasteiger partial charge < -0.3 is 5.11 Å². The number of hydrogen-bond donors (Lipinski definition) is 1. The average molecular weight is 164 g/mol. The molecule has 0 aliphatic rings. The highest BCUT2D eigenvalue weighted by Gasteiger charge is 2.04. The lowest BCUT2D eigenvalue weighted by Crippen LogP contribution is -2.00. The van der Waals surface area contributed by atoms with E-state index in [0.717, 1.165) is 0 Å². The van der Waals surface area contributed by atoms with Gasteiger partial charge in [-0.15, -0.1) is 0 Å². The quantitative estimate of drug-likeness (QED) is 0.416. The van der Waals surface area contributed by atoms with Crippen LogP contribution in [0.1, 0.15) is 11.7 Å². The van der Waals surface area contributed by atoms with Crippen molar-refractivity contribution in [1.29, 1.82) is 0 Å². The highest BCUT2D eigenvalue weighted by molar-refractivity contribution is 5.11. The van der Waals surface area contributed by atoms with Crippen molar-refractivity contribution in [1.82, 2.24) is 4.98 Å². The third-order valence-electron chi connectivity index (χ3n) is 1.39. The Morgan fingerprint density at radius 2 is 2.58 bits per heavy atom. The third-order valence-corrected chi connectivity index (χ3v) is 1.39. The van der Waals surface area contributed by atoms with E-state index in [1.54, 1.807) is 18.3 Å². The van der Waals surface area contributed by atoms with Crippen molar-refractivity contribution in [2.45, 2.75) is 6.10 Å². The fraction of sp³-hybridized carbons (Fsp3) is 0.286. The Balaban J connectivity index is 2.65. The molecule has 5 heteroatoms. The number of aliphatic hydroxyl groups is 1. The summed E-state index contributed by atoms with van der Waals surface area (Å²) in [5, 5.41) is 12.6. The van der Waals surface area contributed by atoms with Crippen LogP contribution in [0.25, 0.3) is 10.4 Å². The van der Waals surface area contributed by atoms with Crippen molar-refractivity contribution in [3.8, 4) is 0 Å². The molecule has 1 atom stereocenters. The van der Waals surface area contributed by atoms with Gasteiger partial charge in [0, 0.05) is 17.3 Å². The first kappa shape index (κ1) is 8.52. The van der Waals surface area contributed by atoms with Crippen molar-refractivity contribution < 1.29 is 5.11 Å². The molecule has 0 aromatic carbocycles. The van der Waals surface area contributed by atoms with E-state index >= 15 is 0 Å². The van der Waals surface area contributed by atoms with Crippen LogP contribution >= 0.6 is 0 Å². The maximum Gasteiger partial charge on any atom is 0.0861 e. The summed E-state index contributed by atoms with van der Waals surface area (Å²) in [4.78, 5) is 6.36. The lowest BCUT2D eigenvalue weighted by molar-refractivity contribution is 0.186. The van der Waals surface area contributed by atoms with Crippen molar-refractivity contribution in [2.75, 3.05) is 6.54 Å².